The summed E-state index contributed by atoms with van der Waals surface area (Å²) in [7, 11) is 4.07. The van der Waals surface area contributed by atoms with Gasteiger partial charge in [0.2, 0.25) is 0 Å². The van der Waals surface area contributed by atoms with E-state index in [0.29, 0.717) is 11.6 Å². The van der Waals surface area contributed by atoms with Gasteiger partial charge in [0.25, 0.3) is 5.91 Å². The van der Waals surface area contributed by atoms with Gasteiger partial charge in [-0.15, -0.1) is 0 Å². The van der Waals surface area contributed by atoms with Crippen LogP contribution in [0.2, 0.25) is 0 Å². The SMILES string of the molecule is CCc1nc2cc(C(=O)N(C)C3CCN(C)CC3)ccc2n1-c1ccccc1. The average Bonchev–Trinajstić information content (AvgIpc) is 3.11. The summed E-state index contributed by atoms with van der Waals surface area (Å²) in [6, 6.07) is 16.5. The summed E-state index contributed by atoms with van der Waals surface area (Å²) in [6.07, 6.45) is 2.90. The third-order valence-corrected chi connectivity index (χ3v) is 5.86. The largest absolute Gasteiger partial charge is 0.339 e. The highest BCUT2D eigenvalue weighted by molar-refractivity contribution is 5.97. The number of benzene rings is 2. The lowest BCUT2D eigenvalue weighted by Crippen LogP contribution is -2.44. The number of imidazole rings is 1. The Bertz CT molecular complexity index is 971. The summed E-state index contributed by atoms with van der Waals surface area (Å²) in [5, 5.41) is 0. The maximum absolute atomic E-state index is 13.1. The van der Waals surface area contributed by atoms with Crippen LogP contribution < -0.4 is 0 Å². The minimum Gasteiger partial charge on any atom is -0.339 e. The molecular formula is C23H28N4O. The first-order chi connectivity index (χ1) is 13.6. The summed E-state index contributed by atoms with van der Waals surface area (Å²) in [6.45, 7) is 4.20. The van der Waals surface area contributed by atoms with Crippen LogP contribution in [0.1, 0.15) is 35.9 Å². The van der Waals surface area contributed by atoms with Crippen molar-refractivity contribution in [2.45, 2.75) is 32.2 Å². The summed E-state index contributed by atoms with van der Waals surface area (Å²) in [5.74, 6) is 1.10. The molecule has 0 atom stereocenters. The molecule has 5 heteroatoms. The Morgan fingerprint density at radius 1 is 1.14 bits per heavy atom. The molecule has 1 amide bonds. The van der Waals surface area contributed by atoms with Gasteiger partial charge in [-0.1, -0.05) is 25.1 Å². The third kappa shape index (κ3) is 3.42. The molecule has 0 spiro atoms. The van der Waals surface area contributed by atoms with Crippen LogP contribution in [0.15, 0.2) is 48.5 Å². The number of aromatic nitrogens is 2. The molecule has 0 unspecified atom stereocenters. The van der Waals surface area contributed by atoms with Crippen LogP contribution in [-0.2, 0) is 6.42 Å². The fraction of sp³-hybridized carbons (Fsp3) is 0.391. The topological polar surface area (TPSA) is 41.4 Å². The lowest BCUT2D eigenvalue weighted by Gasteiger charge is -2.35. The minimum absolute atomic E-state index is 0.0868. The highest BCUT2D eigenvalue weighted by Gasteiger charge is 2.25. The molecule has 146 valence electrons. The van der Waals surface area contributed by atoms with Crippen LogP contribution in [0.5, 0.6) is 0 Å². The van der Waals surface area contributed by atoms with Gasteiger partial charge in [-0.2, -0.15) is 0 Å². The Morgan fingerprint density at radius 2 is 1.86 bits per heavy atom. The van der Waals surface area contributed by atoms with Crippen molar-refractivity contribution in [2.24, 2.45) is 0 Å². The lowest BCUT2D eigenvalue weighted by molar-refractivity contribution is 0.0660. The first kappa shape index (κ1) is 18.7. The molecule has 3 aromatic rings. The van der Waals surface area contributed by atoms with Crippen molar-refractivity contribution in [3.05, 3.63) is 59.9 Å². The van der Waals surface area contributed by atoms with Gasteiger partial charge < -0.3 is 9.80 Å². The van der Waals surface area contributed by atoms with E-state index in [1.807, 2.05) is 48.3 Å². The number of piperidine rings is 1. The number of hydrogen-bond donors (Lipinski definition) is 0. The van der Waals surface area contributed by atoms with E-state index in [2.05, 4.69) is 35.6 Å². The van der Waals surface area contributed by atoms with E-state index in [0.717, 1.165) is 54.9 Å². The van der Waals surface area contributed by atoms with Crippen molar-refractivity contribution in [3.63, 3.8) is 0 Å². The molecular weight excluding hydrogens is 348 g/mol. The fourth-order valence-electron chi connectivity index (χ4n) is 4.12. The Kier molecular flexibility index (Phi) is 5.18. The number of nitrogens with zero attached hydrogens (tertiary/aromatic N) is 4. The third-order valence-electron chi connectivity index (χ3n) is 5.86. The number of hydrogen-bond acceptors (Lipinski definition) is 3. The van der Waals surface area contributed by atoms with Crippen molar-refractivity contribution in [2.75, 3.05) is 27.2 Å². The van der Waals surface area contributed by atoms with E-state index in [9.17, 15) is 4.79 Å². The molecule has 0 radical (unpaired) electrons. The second-order valence-corrected chi connectivity index (χ2v) is 7.71. The van der Waals surface area contributed by atoms with E-state index >= 15 is 0 Å². The van der Waals surface area contributed by atoms with Gasteiger partial charge >= 0.3 is 0 Å². The quantitative estimate of drug-likeness (QED) is 0.696. The van der Waals surface area contributed by atoms with Crippen LogP contribution in [0.25, 0.3) is 16.7 Å². The molecule has 0 N–H and O–H groups in total. The molecule has 1 aliphatic rings. The van der Waals surface area contributed by atoms with Crippen LogP contribution in [0, 0.1) is 0 Å². The average molecular weight is 377 g/mol. The van der Waals surface area contributed by atoms with Crippen molar-refractivity contribution in [3.8, 4) is 5.69 Å². The normalized spacial score (nSPS) is 15.8. The predicted octanol–water partition coefficient (Wildman–Crippen LogP) is 3.75. The van der Waals surface area contributed by atoms with E-state index in [1.165, 1.54) is 0 Å². The van der Waals surface area contributed by atoms with Crippen LogP contribution in [0.3, 0.4) is 0 Å². The van der Waals surface area contributed by atoms with Crippen molar-refractivity contribution in [1.82, 2.24) is 19.4 Å². The second kappa shape index (κ2) is 7.76. The maximum Gasteiger partial charge on any atom is 0.253 e. The van der Waals surface area contributed by atoms with Crippen LogP contribution in [0.4, 0.5) is 0 Å². The van der Waals surface area contributed by atoms with Gasteiger partial charge in [-0.05, 0) is 63.3 Å². The number of para-hydroxylation sites is 1. The molecule has 1 aliphatic heterocycles. The van der Waals surface area contributed by atoms with E-state index in [4.69, 9.17) is 4.98 Å². The van der Waals surface area contributed by atoms with E-state index in [1.54, 1.807) is 0 Å². The molecule has 1 aromatic heterocycles. The number of likely N-dealkylation sites (tertiary alicyclic amines) is 1. The minimum atomic E-state index is 0.0868. The molecule has 2 heterocycles. The summed E-state index contributed by atoms with van der Waals surface area (Å²) >= 11 is 0. The zero-order valence-electron chi connectivity index (χ0n) is 16.9. The molecule has 4 rings (SSSR count). The monoisotopic (exact) mass is 376 g/mol. The van der Waals surface area contributed by atoms with Gasteiger partial charge in [0.15, 0.2) is 0 Å². The van der Waals surface area contributed by atoms with Gasteiger partial charge in [-0.25, -0.2) is 4.98 Å². The van der Waals surface area contributed by atoms with E-state index < -0.39 is 0 Å². The van der Waals surface area contributed by atoms with Gasteiger partial charge in [-0.3, -0.25) is 9.36 Å². The van der Waals surface area contributed by atoms with Crippen molar-refractivity contribution in [1.29, 1.82) is 0 Å². The molecule has 1 saturated heterocycles. The zero-order valence-corrected chi connectivity index (χ0v) is 16.9. The standard InChI is InChI=1S/C23H28N4O/c1-4-22-24-20-16-17(23(28)26(3)18-12-14-25(2)15-13-18)10-11-21(20)27(22)19-8-6-5-7-9-19/h5-11,16,18H,4,12-15H2,1-3H3. The smallest absolute Gasteiger partial charge is 0.253 e. The van der Waals surface area contributed by atoms with Crippen LogP contribution in [-0.4, -0.2) is 58.5 Å². The highest BCUT2D eigenvalue weighted by Crippen LogP contribution is 2.24. The molecule has 0 aliphatic carbocycles. The van der Waals surface area contributed by atoms with Gasteiger partial charge in [0.05, 0.1) is 11.0 Å². The molecule has 2 aromatic carbocycles. The van der Waals surface area contributed by atoms with Crippen molar-refractivity contribution >= 4 is 16.9 Å². The molecule has 5 nitrogen and oxygen atoms in total. The van der Waals surface area contributed by atoms with E-state index in [-0.39, 0.29) is 5.91 Å². The summed E-state index contributed by atoms with van der Waals surface area (Å²) < 4.78 is 2.18. The maximum atomic E-state index is 13.1. The fourth-order valence-corrected chi connectivity index (χ4v) is 4.12. The molecule has 0 bridgehead atoms. The number of carbonyl (C=O) groups is 1. The molecule has 0 saturated carbocycles. The highest BCUT2D eigenvalue weighted by atomic mass is 16.2. The number of rotatable bonds is 4. The summed E-state index contributed by atoms with van der Waals surface area (Å²) in [5.41, 5.74) is 3.74. The Labute approximate surface area is 166 Å². The lowest BCUT2D eigenvalue weighted by atomic mass is 10.0. The predicted molar refractivity (Wildman–Crippen MR) is 113 cm³/mol. The Morgan fingerprint density at radius 3 is 2.54 bits per heavy atom. The van der Waals surface area contributed by atoms with Crippen LogP contribution >= 0.6 is 0 Å². The molecule has 28 heavy (non-hydrogen) atoms. The van der Waals surface area contributed by atoms with Crippen molar-refractivity contribution < 1.29 is 4.79 Å². The first-order valence-electron chi connectivity index (χ1n) is 10.1. The number of fused-ring (bicyclic) bond motifs is 1. The molecule has 1 fully saturated rings. The second-order valence-electron chi connectivity index (χ2n) is 7.71. The zero-order chi connectivity index (χ0) is 19.7. The number of aryl methyl sites for hydroxylation is 1. The Hall–Kier alpha value is -2.66. The van der Waals surface area contributed by atoms with Gasteiger partial charge in [0.1, 0.15) is 5.82 Å². The first-order valence-corrected chi connectivity index (χ1v) is 10.1. The number of carbonyl (C=O) groups excluding carboxylic acids is 1. The summed E-state index contributed by atoms with van der Waals surface area (Å²) in [4.78, 5) is 22.1. The van der Waals surface area contributed by atoms with Gasteiger partial charge in [0, 0.05) is 30.8 Å². The number of amides is 1. The Balaban J connectivity index is 1.66.